The third-order valence-electron chi connectivity index (χ3n) is 2.49. The van der Waals surface area contributed by atoms with Crippen LogP contribution < -0.4 is 0 Å². The van der Waals surface area contributed by atoms with Gasteiger partial charge in [0, 0.05) is 10.6 Å². The summed E-state index contributed by atoms with van der Waals surface area (Å²) in [5.41, 5.74) is 0.604. The van der Waals surface area contributed by atoms with Gasteiger partial charge < -0.3 is 0 Å². The van der Waals surface area contributed by atoms with Crippen molar-refractivity contribution >= 4 is 39.1 Å². The Morgan fingerprint density at radius 1 is 1.00 bits per heavy atom. The lowest BCUT2D eigenvalue weighted by molar-refractivity contribution is 0.582. The zero-order chi connectivity index (χ0) is 13.3. The summed E-state index contributed by atoms with van der Waals surface area (Å²) in [6.45, 7) is 0. The van der Waals surface area contributed by atoms with E-state index in [1.54, 1.807) is 24.3 Å². The minimum absolute atomic E-state index is 0.0606. The first-order valence-electron chi connectivity index (χ1n) is 5.03. The van der Waals surface area contributed by atoms with E-state index in [4.69, 9.17) is 23.2 Å². The summed E-state index contributed by atoms with van der Waals surface area (Å²) in [5.74, 6) is -1.15. The van der Waals surface area contributed by atoms with Crippen LogP contribution in [0.5, 0.6) is 0 Å². The quantitative estimate of drug-likeness (QED) is 0.480. The second-order valence-corrected chi connectivity index (χ2v) is 5.37. The summed E-state index contributed by atoms with van der Waals surface area (Å²) in [6, 6.07) is 8.94. The Morgan fingerprint density at radius 2 is 1.67 bits per heavy atom. The van der Waals surface area contributed by atoms with Crippen LogP contribution in [0.25, 0.3) is 0 Å². The van der Waals surface area contributed by atoms with Crippen LogP contribution in [0.3, 0.4) is 0 Å². The summed E-state index contributed by atoms with van der Waals surface area (Å²) in [6.07, 6.45) is 0. The van der Waals surface area contributed by atoms with Crippen LogP contribution in [-0.2, 0) is 0 Å². The Hall–Kier alpha value is -0.640. The molecule has 0 aliphatic rings. The Morgan fingerprint density at radius 3 is 2.33 bits per heavy atom. The van der Waals surface area contributed by atoms with Crippen LogP contribution in [-0.4, -0.2) is 0 Å². The third-order valence-corrected chi connectivity index (χ3v) is 3.91. The van der Waals surface area contributed by atoms with Crippen LogP contribution >= 0.6 is 39.1 Å². The monoisotopic (exact) mass is 350 g/mol. The van der Waals surface area contributed by atoms with Crippen LogP contribution in [0.2, 0.25) is 5.02 Å². The van der Waals surface area contributed by atoms with Crippen molar-refractivity contribution in [3.8, 4) is 0 Å². The molecule has 0 aliphatic heterocycles. The molecule has 1 unspecified atom stereocenters. The highest BCUT2D eigenvalue weighted by molar-refractivity contribution is 9.10. The normalized spacial score (nSPS) is 12.5. The van der Waals surface area contributed by atoms with E-state index in [1.165, 1.54) is 0 Å². The molecule has 0 saturated carbocycles. The molecule has 0 radical (unpaired) electrons. The zero-order valence-electron chi connectivity index (χ0n) is 8.93. The molecule has 0 aromatic heterocycles. The van der Waals surface area contributed by atoms with Gasteiger partial charge in [0.15, 0.2) is 0 Å². The molecule has 0 heterocycles. The van der Waals surface area contributed by atoms with Gasteiger partial charge in [-0.25, -0.2) is 8.78 Å². The van der Waals surface area contributed by atoms with Gasteiger partial charge in [0.05, 0.1) is 9.85 Å². The number of benzene rings is 2. The predicted molar refractivity (Wildman–Crippen MR) is 73.2 cm³/mol. The first kappa shape index (κ1) is 13.8. The molecule has 2 aromatic carbocycles. The number of hydrogen-bond donors (Lipinski definition) is 0. The third kappa shape index (κ3) is 2.68. The maximum absolute atomic E-state index is 13.8. The first-order valence-corrected chi connectivity index (χ1v) is 6.64. The Kier molecular flexibility index (Phi) is 4.25. The van der Waals surface area contributed by atoms with Crippen molar-refractivity contribution in [1.82, 2.24) is 0 Å². The van der Waals surface area contributed by atoms with Crippen molar-refractivity contribution in [2.45, 2.75) is 5.38 Å². The summed E-state index contributed by atoms with van der Waals surface area (Å²) in [5, 5.41) is -0.415. The minimum atomic E-state index is -0.832. The Bertz CT molecular complexity index is 587. The molecule has 0 nitrogen and oxygen atoms in total. The number of rotatable bonds is 2. The Balaban J connectivity index is 2.50. The van der Waals surface area contributed by atoms with Crippen LogP contribution in [0, 0.1) is 11.6 Å². The first-order chi connectivity index (χ1) is 8.50. The van der Waals surface area contributed by atoms with Gasteiger partial charge >= 0.3 is 0 Å². The lowest BCUT2D eigenvalue weighted by Gasteiger charge is -2.13. The molecule has 2 rings (SSSR count). The number of hydrogen-bond acceptors (Lipinski definition) is 0. The average Bonchev–Trinajstić information content (AvgIpc) is 2.33. The molecular weight excluding hydrogens is 345 g/mol. The van der Waals surface area contributed by atoms with E-state index in [-0.39, 0.29) is 10.0 Å². The minimum Gasteiger partial charge on any atom is -0.207 e. The van der Waals surface area contributed by atoms with Gasteiger partial charge in [-0.15, -0.1) is 11.6 Å². The van der Waals surface area contributed by atoms with Gasteiger partial charge in [-0.05, 0) is 39.7 Å². The van der Waals surface area contributed by atoms with Crippen molar-refractivity contribution < 1.29 is 8.78 Å². The maximum Gasteiger partial charge on any atom is 0.137 e. The average molecular weight is 352 g/mol. The molecule has 0 fully saturated rings. The highest BCUT2D eigenvalue weighted by atomic mass is 79.9. The van der Waals surface area contributed by atoms with Crippen molar-refractivity contribution in [3.05, 3.63) is 68.7 Å². The van der Waals surface area contributed by atoms with Gasteiger partial charge in [-0.3, -0.25) is 0 Å². The second-order valence-electron chi connectivity index (χ2n) is 3.67. The molecular formula is C13H7BrCl2F2. The highest BCUT2D eigenvalue weighted by Gasteiger charge is 2.19. The van der Waals surface area contributed by atoms with Gasteiger partial charge in [0.2, 0.25) is 0 Å². The van der Waals surface area contributed by atoms with Gasteiger partial charge in [-0.1, -0.05) is 29.8 Å². The van der Waals surface area contributed by atoms with Crippen LogP contribution in [0.15, 0.2) is 40.9 Å². The van der Waals surface area contributed by atoms with Gasteiger partial charge in [0.1, 0.15) is 11.6 Å². The van der Waals surface area contributed by atoms with Crippen LogP contribution in [0.4, 0.5) is 8.78 Å². The molecule has 0 amide bonds. The van der Waals surface area contributed by atoms with Crippen molar-refractivity contribution in [2.75, 3.05) is 0 Å². The predicted octanol–water partition coefficient (Wildman–Crippen LogP) is 5.71. The molecule has 0 bridgehead atoms. The van der Waals surface area contributed by atoms with E-state index < -0.39 is 17.0 Å². The molecule has 2 aromatic rings. The molecule has 94 valence electrons. The topological polar surface area (TPSA) is 0 Å². The van der Waals surface area contributed by atoms with E-state index >= 15 is 0 Å². The summed E-state index contributed by atoms with van der Waals surface area (Å²) in [7, 11) is 0. The van der Waals surface area contributed by atoms with E-state index in [2.05, 4.69) is 15.9 Å². The smallest absolute Gasteiger partial charge is 0.137 e. The fourth-order valence-corrected chi connectivity index (χ4v) is 2.55. The van der Waals surface area contributed by atoms with E-state index in [0.29, 0.717) is 10.6 Å². The summed E-state index contributed by atoms with van der Waals surface area (Å²) >= 11 is 15.1. The summed E-state index contributed by atoms with van der Waals surface area (Å²) < 4.78 is 27.3. The maximum atomic E-state index is 13.8. The number of halogens is 5. The molecule has 0 N–H and O–H groups in total. The van der Waals surface area contributed by atoms with E-state index in [0.717, 1.165) is 12.1 Å². The van der Waals surface area contributed by atoms with Gasteiger partial charge in [0.25, 0.3) is 0 Å². The van der Waals surface area contributed by atoms with Gasteiger partial charge in [-0.2, -0.15) is 0 Å². The largest absolute Gasteiger partial charge is 0.207 e. The summed E-state index contributed by atoms with van der Waals surface area (Å²) in [4.78, 5) is 0. The molecule has 18 heavy (non-hydrogen) atoms. The van der Waals surface area contributed by atoms with Crippen molar-refractivity contribution in [2.24, 2.45) is 0 Å². The Labute approximate surface area is 122 Å². The second kappa shape index (κ2) is 5.55. The lowest BCUT2D eigenvalue weighted by atomic mass is 10.0. The zero-order valence-corrected chi connectivity index (χ0v) is 12.0. The molecule has 0 aliphatic carbocycles. The molecule has 5 heteroatoms. The SMILES string of the molecule is Fc1cc(C(Cl)c2ccccc2Cl)c(F)cc1Br. The van der Waals surface area contributed by atoms with Crippen LogP contribution in [0.1, 0.15) is 16.5 Å². The van der Waals surface area contributed by atoms with Crippen molar-refractivity contribution in [1.29, 1.82) is 0 Å². The number of alkyl halides is 1. The van der Waals surface area contributed by atoms with E-state index in [1.807, 2.05) is 0 Å². The molecule has 1 atom stereocenters. The van der Waals surface area contributed by atoms with E-state index in [9.17, 15) is 8.78 Å². The molecule has 0 saturated heterocycles. The lowest BCUT2D eigenvalue weighted by Crippen LogP contribution is -1.99. The standard InChI is InChI=1S/C13H7BrCl2F2/c14-9-6-11(17)8(5-12(9)18)13(16)7-3-1-2-4-10(7)15/h1-6,13H. The molecule has 0 spiro atoms. The highest BCUT2D eigenvalue weighted by Crippen LogP contribution is 2.36. The fourth-order valence-electron chi connectivity index (χ4n) is 1.58. The van der Waals surface area contributed by atoms with Crippen molar-refractivity contribution in [3.63, 3.8) is 0 Å². The fraction of sp³-hybridized carbons (Fsp3) is 0.0769.